The lowest BCUT2D eigenvalue weighted by Gasteiger charge is -2.18. The Labute approximate surface area is 362 Å². The Hall–Kier alpha value is -1.62. The zero-order valence-corrected chi connectivity index (χ0v) is 39.3. The lowest BCUT2D eigenvalue weighted by atomic mass is 10.0. The minimum atomic E-state index is -0.536. The van der Waals surface area contributed by atoms with Crippen molar-refractivity contribution < 1.29 is 23.8 Å². The third kappa shape index (κ3) is 47.1. The quantitative estimate of drug-likeness (QED) is 0.0348. The highest BCUT2D eigenvalue weighted by molar-refractivity contribution is 5.70. The van der Waals surface area contributed by atoms with Crippen molar-refractivity contribution in [2.75, 3.05) is 19.8 Å². The van der Waals surface area contributed by atoms with Crippen LogP contribution in [0.15, 0.2) is 24.3 Å². The molecule has 0 radical (unpaired) electrons. The van der Waals surface area contributed by atoms with Crippen molar-refractivity contribution in [2.24, 2.45) is 0 Å². The van der Waals surface area contributed by atoms with Gasteiger partial charge in [0.15, 0.2) is 6.10 Å². The highest BCUT2D eigenvalue weighted by Crippen LogP contribution is 2.16. The number of esters is 2. The first kappa shape index (κ1) is 56.4. The molecule has 0 aromatic heterocycles. The van der Waals surface area contributed by atoms with Crippen molar-refractivity contribution in [2.45, 2.75) is 284 Å². The molecule has 5 heteroatoms. The zero-order chi connectivity index (χ0) is 42.1. The first-order valence-electron chi connectivity index (χ1n) is 25.9. The summed E-state index contributed by atoms with van der Waals surface area (Å²) in [6, 6.07) is 0. The van der Waals surface area contributed by atoms with Crippen LogP contribution in [0.5, 0.6) is 0 Å². The van der Waals surface area contributed by atoms with Gasteiger partial charge in [-0.1, -0.05) is 225 Å². The van der Waals surface area contributed by atoms with Crippen LogP contribution in [-0.4, -0.2) is 37.9 Å². The highest BCUT2D eigenvalue weighted by Gasteiger charge is 2.17. The van der Waals surface area contributed by atoms with E-state index in [-0.39, 0.29) is 25.2 Å². The van der Waals surface area contributed by atoms with Gasteiger partial charge in [-0.2, -0.15) is 0 Å². The third-order valence-corrected chi connectivity index (χ3v) is 11.5. The van der Waals surface area contributed by atoms with Crippen molar-refractivity contribution in [1.82, 2.24) is 0 Å². The van der Waals surface area contributed by atoms with Crippen LogP contribution in [0.2, 0.25) is 0 Å². The van der Waals surface area contributed by atoms with Crippen LogP contribution in [0.25, 0.3) is 0 Å². The average molecular weight is 817 g/mol. The van der Waals surface area contributed by atoms with Gasteiger partial charge >= 0.3 is 11.9 Å². The van der Waals surface area contributed by atoms with Gasteiger partial charge in [0.05, 0.1) is 6.61 Å². The van der Waals surface area contributed by atoms with Gasteiger partial charge in [0.1, 0.15) is 6.61 Å². The largest absolute Gasteiger partial charge is 0.462 e. The number of rotatable bonds is 48. The van der Waals surface area contributed by atoms with E-state index >= 15 is 0 Å². The van der Waals surface area contributed by atoms with Crippen molar-refractivity contribution in [3.05, 3.63) is 24.3 Å². The van der Waals surface area contributed by atoms with Gasteiger partial charge in [-0.25, -0.2) is 0 Å². The molecule has 1 unspecified atom stereocenters. The van der Waals surface area contributed by atoms with Crippen molar-refractivity contribution in [1.29, 1.82) is 0 Å². The van der Waals surface area contributed by atoms with E-state index < -0.39 is 6.10 Å². The van der Waals surface area contributed by atoms with Crippen molar-refractivity contribution >= 4 is 11.9 Å². The molecule has 5 nitrogen and oxygen atoms in total. The molecule has 0 saturated heterocycles. The predicted octanol–water partition coefficient (Wildman–Crippen LogP) is 17.2. The van der Waals surface area contributed by atoms with Crippen LogP contribution in [0, 0.1) is 0 Å². The van der Waals surface area contributed by atoms with Gasteiger partial charge in [0.25, 0.3) is 0 Å². The summed E-state index contributed by atoms with van der Waals surface area (Å²) >= 11 is 0. The van der Waals surface area contributed by atoms with Crippen molar-refractivity contribution in [3.63, 3.8) is 0 Å². The number of unbranched alkanes of at least 4 members (excludes halogenated alkanes) is 33. The van der Waals surface area contributed by atoms with Gasteiger partial charge in [-0.05, 0) is 64.2 Å². The Balaban J connectivity index is 4.20. The smallest absolute Gasteiger partial charge is 0.306 e. The number of hydrogen-bond acceptors (Lipinski definition) is 5. The Morgan fingerprint density at radius 1 is 0.362 bits per heavy atom. The number of carbonyl (C=O) groups is 2. The van der Waals surface area contributed by atoms with E-state index in [1.54, 1.807) is 0 Å². The summed E-state index contributed by atoms with van der Waals surface area (Å²) in [6.45, 7) is 7.81. The van der Waals surface area contributed by atoms with Gasteiger partial charge in [0.2, 0.25) is 0 Å². The molecule has 1 atom stereocenters. The number of carbonyl (C=O) groups excluding carboxylic acids is 2. The maximum atomic E-state index is 12.8. The molecular formula is C53H100O5. The molecule has 0 amide bonds. The molecule has 0 fully saturated rings. The summed E-state index contributed by atoms with van der Waals surface area (Å²) in [4.78, 5) is 25.4. The molecule has 0 rings (SSSR count). The van der Waals surface area contributed by atoms with E-state index in [0.717, 1.165) is 51.4 Å². The summed E-state index contributed by atoms with van der Waals surface area (Å²) < 4.78 is 17.4. The second-order valence-electron chi connectivity index (χ2n) is 17.4. The standard InChI is InChI=1S/C53H100O5/c1-4-7-10-13-16-19-22-25-26-27-28-30-31-34-37-40-43-46-52(54)57-50-51(49-56-48-45-42-39-36-33-24-21-18-15-12-9-6-3)58-53(55)47-44-41-38-35-32-29-23-20-17-14-11-8-5-2/h15,18,20,23,51H,4-14,16-17,19,21-22,24-50H2,1-3H3/b18-15-,23-20-. The number of allylic oxidation sites excluding steroid dienone is 4. The Morgan fingerprint density at radius 2 is 0.690 bits per heavy atom. The fraction of sp³-hybridized carbons (Fsp3) is 0.887. The van der Waals surface area contributed by atoms with Gasteiger partial charge in [0, 0.05) is 19.4 Å². The van der Waals surface area contributed by atoms with Gasteiger partial charge in [-0.3, -0.25) is 9.59 Å². The fourth-order valence-corrected chi connectivity index (χ4v) is 7.55. The fourth-order valence-electron chi connectivity index (χ4n) is 7.55. The minimum Gasteiger partial charge on any atom is -0.462 e. The molecule has 0 N–H and O–H groups in total. The van der Waals surface area contributed by atoms with Crippen LogP contribution in [-0.2, 0) is 23.8 Å². The van der Waals surface area contributed by atoms with E-state index in [1.807, 2.05) is 0 Å². The predicted molar refractivity (Wildman–Crippen MR) is 252 cm³/mol. The van der Waals surface area contributed by atoms with E-state index in [9.17, 15) is 9.59 Å². The Kier molecular flexibility index (Phi) is 48.4. The molecule has 0 spiro atoms. The van der Waals surface area contributed by atoms with Gasteiger partial charge < -0.3 is 14.2 Å². The SMILES string of the molecule is CCCC/C=C\CCCCCCCCOCC(COC(=O)CCCCCCCCCCCCCCCCCCC)OC(=O)CCCCCCC/C=C\CCCCCC. The summed E-state index contributed by atoms with van der Waals surface area (Å²) in [6.07, 6.45) is 57.5. The lowest BCUT2D eigenvalue weighted by Crippen LogP contribution is -2.30. The van der Waals surface area contributed by atoms with Crippen LogP contribution in [0.4, 0.5) is 0 Å². The van der Waals surface area contributed by atoms with Crippen LogP contribution >= 0.6 is 0 Å². The van der Waals surface area contributed by atoms with Crippen LogP contribution in [0.3, 0.4) is 0 Å². The third-order valence-electron chi connectivity index (χ3n) is 11.5. The second-order valence-corrected chi connectivity index (χ2v) is 17.4. The highest BCUT2D eigenvalue weighted by atomic mass is 16.6. The van der Waals surface area contributed by atoms with E-state index in [2.05, 4.69) is 45.1 Å². The van der Waals surface area contributed by atoms with Crippen LogP contribution in [0.1, 0.15) is 278 Å². The topological polar surface area (TPSA) is 61.8 Å². The zero-order valence-electron chi connectivity index (χ0n) is 39.3. The summed E-state index contributed by atoms with van der Waals surface area (Å²) in [5.41, 5.74) is 0. The minimum absolute atomic E-state index is 0.0859. The maximum Gasteiger partial charge on any atom is 0.306 e. The molecule has 0 saturated carbocycles. The number of hydrogen-bond donors (Lipinski definition) is 0. The molecule has 0 heterocycles. The monoisotopic (exact) mass is 817 g/mol. The molecular weight excluding hydrogens is 717 g/mol. The summed E-state index contributed by atoms with van der Waals surface area (Å²) in [7, 11) is 0. The first-order valence-corrected chi connectivity index (χ1v) is 25.9. The number of ether oxygens (including phenoxy) is 3. The Bertz CT molecular complexity index is 882. The molecule has 0 aliphatic heterocycles. The summed E-state index contributed by atoms with van der Waals surface area (Å²) in [5.74, 6) is -0.395. The van der Waals surface area contributed by atoms with E-state index in [0.29, 0.717) is 19.4 Å². The molecule has 0 aromatic carbocycles. The Morgan fingerprint density at radius 3 is 1.12 bits per heavy atom. The lowest BCUT2D eigenvalue weighted by molar-refractivity contribution is -0.163. The van der Waals surface area contributed by atoms with Crippen LogP contribution < -0.4 is 0 Å². The van der Waals surface area contributed by atoms with Gasteiger partial charge in [-0.15, -0.1) is 0 Å². The van der Waals surface area contributed by atoms with Crippen molar-refractivity contribution in [3.8, 4) is 0 Å². The molecule has 0 bridgehead atoms. The second kappa shape index (κ2) is 49.7. The molecule has 58 heavy (non-hydrogen) atoms. The molecule has 0 aliphatic rings. The average Bonchev–Trinajstić information content (AvgIpc) is 3.22. The molecule has 0 aromatic rings. The van der Waals surface area contributed by atoms with E-state index in [4.69, 9.17) is 14.2 Å². The normalized spacial score (nSPS) is 12.3. The van der Waals surface area contributed by atoms with E-state index in [1.165, 1.54) is 193 Å². The maximum absolute atomic E-state index is 12.8. The molecule has 0 aliphatic carbocycles. The molecule has 342 valence electrons. The first-order chi connectivity index (χ1) is 28.6. The summed E-state index contributed by atoms with van der Waals surface area (Å²) in [5, 5.41) is 0.